The van der Waals surface area contributed by atoms with E-state index in [0.29, 0.717) is 18.7 Å². The summed E-state index contributed by atoms with van der Waals surface area (Å²) in [6.45, 7) is 4.93. The van der Waals surface area contributed by atoms with Crippen LogP contribution in [-0.2, 0) is 6.54 Å². The third-order valence-corrected chi connectivity index (χ3v) is 4.21. The Morgan fingerprint density at radius 3 is 3.00 bits per heavy atom. The van der Waals surface area contributed by atoms with Gasteiger partial charge in [0.15, 0.2) is 0 Å². The van der Waals surface area contributed by atoms with E-state index in [9.17, 15) is 4.79 Å². The van der Waals surface area contributed by atoms with E-state index in [-0.39, 0.29) is 11.9 Å². The second-order valence-corrected chi connectivity index (χ2v) is 5.55. The highest BCUT2D eigenvalue weighted by molar-refractivity contribution is 5.94. The van der Waals surface area contributed by atoms with E-state index in [2.05, 4.69) is 10.4 Å². The molecular formula is C17H22N4O2. The first-order valence-corrected chi connectivity index (χ1v) is 7.91. The highest BCUT2D eigenvalue weighted by Gasteiger charge is 2.30. The highest BCUT2D eigenvalue weighted by atomic mass is 16.5. The molecule has 0 spiro atoms. The van der Waals surface area contributed by atoms with Crippen molar-refractivity contribution in [2.45, 2.75) is 19.5 Å². The number of carbonyl (C=O) groups excluding carboxylic acids is 1. The molecule has 122 valence electrons. The molecule has 6 nitrogen and oxygen atoms in total. The molecule has 0 unspecified atom stereocenters. The number of amides is 1. The van der Waals surface area contributed by atoms with Crippen LogP contribution in [0.25, 0.3) is 0 Å². The summed E-state index contributed by atoms with van der Waals surface area (Å²) in [5.41, 5.74) is 1.66. The molecule has 1 fully saturated rings. The van der Waals surface area contributed by atoms with Gasteiger partial charge < -0.3 is 15.0 Å². The van der Waals surface area contributed by atoms with E-state index in [4.69, 9.17) is 4.74 Å². The second-order valence-electron chi connectivity index (χ2n) is 5.55. The van der Waals surface area contributed by atoms with Crippen LogP contribution < -0.4 is 10.1 Å². The van der Waals surface area contributed by atoms with Crippen LogP contribution in [0.1, 0.15) is 28.9 Å². The quantitative estimate of drug-likeness (QED) is 0.933. The van der Waals surface area contributed by atoms with Crippen molar-refractivity contribution in [3.8, 4) is 5.75 Å². The first-order chi connectivity index (χ1) is 11.2. The van der Waals surface area contributed by atoms with E-state index in [1.165, 1.54) is 0 Å². The Bertz CT molecular complexity index is 683. The monoisotopic (exact) mass is 314 g/mol. The Morgan fingerprint density at radius 1 is 1.43 bits per heavy atom. The highest BCUT2D eigenvalue weighted by Crippen LogP contribution is 2.31. The maximum absolute atomic E-state index is 12.9. The third kappa shape index (κ3) is 3.07. The lowest BCUT2D eigenvalue weighted by Crippen LogP contribution is -2.48. The molecule has 2 heterocycles. The Hall–Kier alpha value is -2.34. The molecule has 1 atom stereocenters. The lowest BCUT2D eigenvalue weighted by molar-refractivity contribution is 0.0631. The summed E-state index contributed by atoms with van der Waals surface area (Å²) < 4.78 is 7.24. The number of rotatable bonds is 4. The molecule has 0 bridgehead atoms. The number of benzene rings is 1. The van der Waals surface area contributed by atoms with E-state index >= 15 is 0 Å². The van der Waals surface area contributed by atoms with Gasteiger partial charge in [-0.15, -0.1) is 0 Å². The third-order valence-electron chi connectivity index (χ3n) is 4.21. The number of para-hydroxylation sites is 1. The van der Waals surface area contributed by atoms with Crippen LogP contribution in [0.2, 0.25) is 0 Å². The van der Waals surface area contributed by atoms with Gasteiger partial charge in [0.25, 0.3) is 5.91 Å². The number of carbonyl (C=O) groups is 1. The van der Waals surface area contributed by atoms with Crippen molar-refractivity contribution in [1.29, 1.82) is 0 Å². The normalized spacial score (nSPS) is 18.0. The van der Waals surface area contributed by atoms with Crippen molar-refractivity contribution in [3.63, 3.8) is 0 Å². The number of ether oxygens (including phenoxy) is 1. The predicted molar refractivity (Wildman–Crippen MR) is 87.5 cm³/mol. The Kier molecular flexibility index (Phi) is 4.62. The largest absolute Gasteiger partial charge is 0.496 e. The standard InChI is InChI=1S/C17H22N4O2/c1-3-20-12-13(10-19-20)17(22)21-9-8-18-11-15(21)14-6-4-5-7-16(14)23-2/h4-7,10,12,15,18H,3,8-9,11H2,1-2H3/t15-/m0/s1. The smallest absolute Gasteiger partial charge is 0.257 e. The summed E-state index contributed by atoms with van der Waals surface area (Å²) in [6.07, 6.45) is 3.46. The average Bonchev–Trinajstić information content (AvgIpc) is 3.10. The Labute approximate surface area is 136 Å². The lowest BCUT2D eigenvalue weighted by atomic mass is 10.0. The molecule has 1 saturated heterocycles. The predicted octanol–water partition coefficient (Wildman–Crippen LogP) is 1.70. The van der Waals surface area contributed by atoms with E-state index in [0.717, 1.165) is 24.4 Å². The lowest BCUT2D eigenvalue weighted by Gasteiger charge is -2.36. The minimum Gasteiger partial charge on any atom is -0.496 e. The first kappa shape index (κ1) is 15.6. The van der Waals surface area contributed by atoms with Gasteiger partial charge in [-0.3, -0.25) is 9.48 Å². The van der Waals surface area contributed by atoms with Gasteiger partial charge in [0.1, 0.15) is 5.75 Å². The summed E-state index contributed by atoms with van der Waals surface area (Å²) in [4.78, 5) is 14.8. The number of piperazine rings is 1. The van der Waals surface area contributed by atoms with Crippen LogP contribution in [0.15, 0.2) is 36.7 Å². The molecule has 1 aromatic heterocycles. The maximum Gasteiger partial charge on any atom is 0.257 e. The van der Waals surface area contributed by atoms with Crippen LogP contribution in [0.5, 0.6) is 5.75 Å². The van der Waals surface area contributed by atoms with E-state index in [1.807, 2.05) is 42.3 Å². The van der Waals surface area contributed by atoms with Gasteiger partial charge in [-0.25, -0.2) is 0 Å². The van der Waals surface area contributed by atoms with Gasteiger partial charge in [-0.2, -0.15) is 5.10 Å². The molecule has 0 saturated carbocycles. The molecular weight excluding hydrogens is 292 g/mol. The van der Waals surface area contributed by atoms with Crippen LogP contribution >= 0.6 is 0 Å². The second kappa shape index (κ2) is 6.83. The molecule has 0 radical (unpaired) electrons. The zero-order valence-corrected chi connectivity index (χ0v) is 13.5. The fourth-order valence-electron chi connectivity index (χ4n) is 2.98. The number of methoxy groups -OCH3 is 1. The fourth-order valence-corrected chi connectivity index (χ4v) is 2.98. The van der Waals surface area contributed by atoms with Crippen molar-refractivity contribution in [1.82, 2.24) is 20.0 Å². The molecule has 1 aliphatic rings. The van der Waals surface area contributed by atoms with Gasteiger partial charge >= 0.3 is 0 Å². The average molecular weight is 314 g/mol. The Morgan fingerprint density at radius 2 is 2.26 bits per heavy atom. The SMILES string of the molecule is CCn1cc(C(=O)N2CCNC[C@H]2c2ccccc2OC)cn1. The van der Waals surface area contributed by atoms with Crippen molar-refractivity contribution < 1.29 is 9.53 Å². The minimum atomic E-state index is -0.0441. The number of aryl methyl sites for hydroxylation is 1. The van der Waals surface area contributed by atoms with Gasteiger partial charge in [-0.05, 0) is 13.0 Å². The number of nitrogens with zero attached hydrogens (tertiary/aromatic N) is 3. The molecule has 0 aliphatic carbocycles. The summed E-state index contributed by atoms with van der Waals surface area (Å²) >= 11 is 0. The van der Waals surface area contributed by atoms with Crippen LogP contribution in [-0.4, -0.2) is 47.3 Å². The molecule has 3 rings (SSSR count). The fraction of sp³-hybridized carbons (Fsp3) is 0.412. The molecule has 1 N–H and O–H groups in total. The molecule has 23 heavy (non-hydrogen) atoms. The van der Waals surface area contributed by atoms with Crippen molar-refractivity contribution in [2.24, 2.45) is 0 Å². The number of nitrogens with one attached hydrogen (secondary N) is 1. The summed E-state index contributed by atoms with van der Waals surface area (Å²) in [6, 6.07) is 7.83. The maximum atomic E-state index is 12.9. The van der Waals surface area contributed by atoms with Crippen molar-refractivity contribution >= 4 is 5.91 Å². The summed E-state index contributed by atoms with van der Waals surface area (Å²) in [5, 5.41) is 7.58. The number of hydrogen-bond acceptors (Lipinski definition) is 4. The van der Waals surface area contributed by atoms with E-state index in [1.54, 1.807) is 18.0 Å². The van der Waals surface area contributed by atoms with E-state index < -0.39 is 0 Å². The van der Waals surface area contributed by atoms with Gasteiger partial charge in [-0.1, -0.05) is 18.2 Å². The van der Waals surface area contributed by atoms with Gasteiger partial charge in [0.05, 0.1) is 24.9 Å². The summed E-state index contributed by atoms with van der Waals surface area (Å²) in [5.74, 6) is 0.824. The zero-order valence-electron chi connectivity index (χ0n) is 13.5. The minimum absolute atomic E-state index is 0.0158. The van der Waals surface area contributed by atoms with Gasteiger partial charge in [0.2, 0.25) is 0 Å². The van der Waals surface area contributed by atoms with Gasteiger partial charge in [0, 0.05) is 37.9 Å². The van der Waals surface area contributed by atoms with Crippen LogP contribution in [0, 0.1) is 0 Å². The van der Waals surface area contributed by atoms with Crippen molar-refractivity contribution in [2.75, 3.05) is 26.7 Å². The summed E-state index contributed by atoms with van der Waals surface area (Å²) in [7, 11) is 1.66. The topological polar surface area (TPSA) is 59.4 Å². The Balaban J connectivity index is 1.90. The molecule has 1 aromatic carbocycles. The number of hydrogen-bond donors (Lipinski definition) is 1. The van der Waals surface area contributed by atoms with Crippen LogP contribution in [0.3, 0.4) is 0 Å². The van der Waals surface area contributed by atoms with Crippen molar-refractivity contribution in [3.05, 3.63) is 47.8 Å². The zero-order chi connectivity index (χ0) is 16.2. The first-order valence-electron chi connectivity index (χ1n) is 7.91. The molecule has 2 aromatic rings. The van der Waals surface area contributed by atoms with Crippen LogP contribution in [0.4, 0.5) is 0 Å². The molecule has 6 heteroatoms. The molecule has 1 amide bonds. The number of aromatic nitrogens is 2. The molecule has 1 aliphatic heterocycles.